The molecular formula is C15H11F3N2O3. The van der Waals surface area contributed by atoms with Gasteiger partial charge in [0, 0.05) is 5.56 Å². The van der Waals surface area contributed by atoms with Gasteiger partial charge in [0.1, 0.15) is 11.6 Å². The second kappa shape index (κ2) is 7.30. The van der Waals surface area contributed by atoms with E-state index >= 15 is 0 Å². The van der Waals surface area contributed by atoms with Crippen molar-refractivity contribution in [3.8, 4) is 5.75 Å². The maximum Gasteiger partial charge on any atom is 0.387 e. The Balaban J connectivity index is 2.00. The minimum absolute atomic E-state index is 0.0167. The van der Waals surface area contributed by atoms with Crippen LogP contribution in [0.15, 0.2) is 48.5 Å². The molecule has 0 atom stereocenters. The molecule has 0 aliphatic carbocycles. The zero-order chi connectivity index (χ0) is 16.8. The lowest BCUT2D eigenvalue weighted by Crippen LogP contribution is -2.41. The fraction of sp³-hybridized carbons (Fsp3) is 0.0667. The number of halogens is 3. The van der Waals surface area contributed by atoms with Gasteiger partial charge in [-0.15, -0.1) is 0 Å². The molecule has 0 heterocycles. The predicted molar refractivity (Wildman–Crippen MR) is 74.4 cm³/mol. The number of alkyl halides is 2. The normalized spacial score (nSPS) is 10.3. The van der Waals surface area contributed by atoms with Gasteiger partial charge in [-0.1, -0.05) is 18.2 Å². The topological polar surface area (TPSA) is 67.4 Å². The van der Waals surface area contributed by atoms with E-state index in [1.54, 1.807) is 0 Å². The maximum absolute atomic E-state index is 13.4. The zero-order valence-corrected chi connectivity index (χ0v) is 11.6. The molecule has 8 heteroatoms. The Kier molecular flexibility index (Phi) is 5.19. The summed E-state index contributed by atoms with van der Waals surface area (Å²) < 4.78 is 41.8. The van der Waals surface area contributed by atoms with E-state index in [2.05, 4.69) is 10.2 Å². The summed E-state index contributed by atoms with van der Waals surface area (Å²) in [5.41, 5.74) is 3.82. The highest BCUT2D eigenvalue weighted by atomic mass is 19.3. The Labute approximate surface area is 129 Å². The molecule has 2 aromatic rings. The molecule has 0 spiro atoms. The van der Waals surface area contributed by atoms with Crippen LogP contribution in [0.3, 0.4) is 0 Å². The number of hydrogen-bond acceptors (Lipinski definition) is 3. The first-order valence-electron chi connectivity index (χ1n) is 6.37. The van der Waals surface area contributed by atoms with Gasteiger partial charge in [-0.25, -0.2) is 4.39 Å². The second-order valence-electron chi connectivity index (χ2n) is 4.29. The van der Waals surface area contributed by atoms with Crippen LogP contribution in [0.2, 0.25) is 0 Å². The Morgan fingerprint density at radius 1 is 0.957 bits per heavy atom. The van der Waals surface area contributed by atoms with E-state index in [0.29, 0.717) is 0 Å². The summed E-state index contributed by atoms with van der Waals surface area (Å²) >= 11 is 0. The molecule has 2 N–H and O–H groups in total. The molecule has 0 aliphatic heterocycles. The van der Waals surface area contributed by atoms with E-state index in [9.17, 15) is 22.8 Å². The summed E-state index contributed by atoms with van der Waals surface area (Å²) in [6, 6.07) is 10.2. The van der Waals surface area contributed by atoms with Crippen molar-refractivity contribution in [1.29, 1.82) is 0 Å². The fourth-order valence-corrected chi connectivity index (χ4v) is 1.71. The molecule has 0 bridgehead atoms. The highest BCUT2D eigenvalue weighted by Gasteiger charge is 2.13. The van der Waals surface area contributed by atoms with Gasteiger partial charge in [0.25, 0.3) is 11.8 Å². The van der Waals surface area contributed by atoms with Gasteiger partial charge >= 0.3 is 6.61 Å². The van der Waals surface area contributed by atoms with Crippen LogP contribution in [0.5, 0.6) is 5.75 Å². The lowest BCUT2D eigenvalue weighted by atomic mass is 10.2. The van der Waals surface area contributed by atoms with Crippen molar-refractivity contribution in [3.63, 3.8) is 0 Å². The number of hydrazine groups is 1. The van der Waals surface area contributed by atoms with E-state index in [1.165, 1.54) is 36.4 Å². The molecule has 0 aliphatic rings. The van der Waals surface area contributed by atoms with Crippen molar-refractivity contribution in [3.05, 3.63) is 65.5 Å². The minimum Gasteiger partial charge on any atom is -0.435 e. The van der Waals surface area contributed by atoms with Crippen molar-refractivity contribution in [1.82, 2.24) is 10.9 Å². The highest BCUT2D eigenvalue weighted by Crippen LogP contribution is 2.15. The van der Waals surface area contributed by atoms with Crippen LogP contribution in [0, 0.1) is 5.82 Å². The van der Waals surface area contributed by atoms with E-state index < -0.39 is 24.2 Å². The Bertz CT molecular complexity index is 723. The molecular weight excluding hydrogens is 313 g/mol. The summed E-state index contributed by atoms with van der Waals surface area (Å²) in [6.45, 7) is -3.02. The average molecular weight is 324 g/mol. The van der Waals surface area contributed by atoms with Gasteiger partial charge in [-0.2, -0.15) is 8.78 Å². The lowest BCUT2D eigenvalue weighted by molar-refractivity contribution is -0.0498. The number of nitrogens with one attached hydrogen (secondary N) is 2. The molecule has 2 rings (SSSR count). The van der Waals surface area contributed by atoms with Crippen LogP contribution < -0.4 is 15.6 Å². The number of carbonyl (C=O) groups is 2. The molecule has 120 valence electrons. The third kappa shape index (κ3) is 4.47. The van der Waals surface area contributed by atoms with E-state index in [0.717, 1.165) is 12.1 Å². The molecule has 0 unspecified atom stereocenters. The highest BCUT2D eigenvalue weighted by molar-refractivity contribution is 5.99. The number of ether oxygens (including phenoxy) is 1. The van der Waals surface area contributed by atoms with Crippen molar-refractivity contribution in [2.45, 2.75) is 6.61 Å². The minimum atomic E-state index is -3.02. The van der Waals surface area contributed by atoms with Crippen LogP contribution in [0.25, 0.3) is 0 Å². The standard InChI is InChI=1S/C15H11F3N2O3/c16-12-7-2-1-6-11(12)14(22)20-19-13(21)9-4-3-5-10(8-9)23-15(17)18/h1-8,15H,(H,19,21)(H,20,22). The third-order valence-corrected chi connectivity index (χ3v) is 2.73. The molecule has 23 heavy (non-hydrogen) atoms. The summed E-state index contributed by atoms with van der Waals surface area (Å²) in [7, 11) is 0. The van der Waals surface area contributed by atoms with E-state index in [1.807, 2.05) is 5.43 Å². The molecule has 0 saturated carbocycles. The summed E-state index contributed by atoms with van der Waals surface area (Å²) in [5.74, 6) is -2.56. The first kappa shape index (κ1) is 16.3. The average Bonchev–Trinajstić information content (AvgIpc) is 2.52. The van der Waals surface area contributed by atoms with Crippen LogP contribution >= 0.6 is 0 Å². The summed E-state index contributed by atoms with van der Waals surface area (Å²) in [4.78, 5) is 23.6. The fourth-order valence-electron chi connectivity index (χ4n) is 1.71. The Hall–Kier alpha value is -3.03. The van der Waals surface area contributed by atoms with Gasteiger partial charge < -0.3 is 4.74 Å². The number of carbonyl (C=O) groups excluding carboxylic acids is 2. The van der Waals surface area contributed by atoms with Crippen molar-refractivity contribution in [2.75, 3.05) is 0 Å². The number of rotatable bonds is 4. The van der Waals surface area contributed by atoms with Crippen LogP contribution in [0.1, 0.15) is 20.7 Å². The SMILES string of the molecule is O=C(NNC(=O)c1ccccc1F)c1cccc(OC(F)F)c1. The van der Waals surface area contributed by atoms with Gasteiger partial charge in [0.2, 0.25) is 0 Å². The van der Waals surface area contributed by atoms with Crippen LogP contribution in [0.4, 0.5) is 13.2 Å². The number of benzene rings is 2. The second-order valence-corrected chi connectivity index (χ2v) is 4.29. The quantitative estimate of drug-likeness (QED) is 0.849. The monoisotopic (exact) mass is 324 g/mol. The van der Waals surface area contributed by atoms with Gasteiger partial charge in [-0.05, 0) is 30.3 Å². The van der Waals surface area contributed by atoms with E-state index in [-0.39, 0.29) is 16.9 Å². The molecule has 5 nitrogen and oxygen atoms in total. The molecule has 2 amide bonds. The van der Waals surface area contributed by atoms with Crippen molar-refractivity contribution >= 4 is 11.8 Å². The summed E-state index contributed by atoms with van der Waals surface area (Å²) in [6.07, 6.45) is 0. The van der Waals surface area contributed by atoms with Gasteiger partial charge in [0.05, 0.1) is 5.56 Å². The third-order valence-electron chi connectivity index (χ3n) is 2.73. The predicted octanol–water partition coefficient (Wildman–Crippen LogP) is 2.50. The molecule has 2 aromatic carbocycles. The Morgan fingerprint density at radius 2 is 1.65 bits per heavy atom. The van der Waals surface area contributed by atoms with Crippen LogP contribution in [-0.2, 0) is 0 Å². The van der Waals surface area contributed by atoms with E-state index in [4.69, 9.17) is 0 Å². The first-order chi connectivity index (χ1) is 11.0. The zero-order valence-electron chi connectivity index (χ0n) is 11.6. The Morgan fingerprint density at radius 3 is 2.35 bits per heavy atom. The number of amides is 2. The van der Waals surface area contributed by atoms with Crippen molar-refractivity contribution in [2.24, 2.45) is 0 Å². The lowest BCUT2D eigenvalue weighted by Gasteiger charge is -2.09. The van der Waals surface area contributed by atoms with Gasteiger partial charge in [0.15, 0.2) is 0 Å². The maximum atomic E-state index is 13.4. The molecule has 0 saturated heterocycles. The van der Waals surface area contributed by atoms with Gasteiger partial charge in [-0.3, -0.25) is 20.4 Å². The first-order valence-corrected chi connectivity index (χ1v) is 6.37. The smallest absolute Gasteiger partial charge is 0.387 e. The molecule has 0 aromatic heterocycles. The van der Waals surface area contributed by atoms with Crippen molar-refractivity contribution < 1.29 is 27.5 Å². The van der Waals surface area contributed by atoms with Crippen LogP contribution in [-0.4, -0.2) is 18.4 Å². The number of hydrogen-bond donors (Lipinski definition) is 2. The largest absolute Gasteiger partial charge is 0.435 e. The molecule has 0 fully saturated rings. The summed E-state index contributed by atoms with van der Waals surface area (Å²) in [5, 5.41) is 0. The molecule has 0 radical (unpaired) electrons.